The van der Waals surface area contributed by atoms with Crippen LogP contribution in [-0.2, 0) is 17.9 Å². The van der Waals surface area contributed by atoms with Gasteiger partial charge in [0.25, 0.3) is 28.4 Å². The standard InChI is InChI=1S/C30H30FN7O7S/c1-14(29-4-7-30(8-5-29,9-6-29)26(43)44)35-25(42)19-11-18(36-27-37-45-28(46)38(19)27)24(41)34-12-15-2-3-17(31)16(10-15)13-33-21-20(32)22(39)23(21)40/h2-3,10-11,14,33H,4-9,12-13,32H2,1H3,(H,34,41)(H,35,42)(H,43,44). The maximum Gasteiger partial charge on any atom is 0.309 e. The Morgan fingerprint density at radius 3 is 2.43 bits per heavy atom. The Labute approximate surface area is 264 Å². The van der Waals surface area contributed by atoms with Gasteiger partial charge in [-0.2, -0.15) is 0 Å². The first kappa shape index (κ1) is 31.0. The summed E-state index contributed by atoms with van der Waals surface area (Å²) >= 11 is 5.21. The molecule has 46 heavy (non-hydrogen) atoms. The molecule has 6 N–H and O–H groups in total. The molecule has 240 valence electrons. The second-order valence-electron chi connectivity index (χ2n) is 12.2. The zero-order valence-corrected chi connectivity index (χ0v) is 25.5. The second-order valence-corrected chi connectivity index (χ2v) is 12.5. The Hall–Kier alpha value is -4.99. The quantitative estimate of drug-likeness (QED) is 0.124. The molecule has 3 saturated carbocycles. The molecule has 14 nitrogen and oxygen atoms in total. The van der Waals surface area contributed by atoms with Crippen LogP contribution >= 0.6 is 12.2 Å². The first-order valence-electron chi connectivity index (χ1n) is 14.7. The largest absolute Gasteiger partial charge is 0.481 e. The highest BCUT2D eigenvalue weighted by atomic mass is 32.1. The predicted molar refractivity (Wildman–Crippen MR) is 164 cm³/mol. The van der Waals surface area contributed by atoms with Crippen molar-refractivity contribution in [1.29, 1.82) is 0 Å². The number of aliphatic carboxylic acids is 1. The summed E-state index contributed by atoms with van der Waals surface area (Å²) in [4.78, 5) is 65.7. The van der Waals surface area contributed by atoms with E-state index in [0.29, 0.717) is 44.1 Å². The van der Waals surface area contributed by atoms with Gasteiger partial charge in [-0.25, -0.2) is 13.8 Å². The van der Waals surface area contributed by atoms with Crippen molar-refractivity contribution in [3.05, 3.63) is 77.9 Å². The number of aromatic nitrogens is 3. The highest BCUT2D eigenvalue weighted by Crippen LogP contribution is 2.58. The summed E-state index contributed by atoms with van der Waals surface area (Å²) in [5.41, 5.74) is 3.30. The molecule has 1 unspecified atom stereocenters. The van der Waals surface area contributed by atoms with Crippen molar-refractivity contribution < 1.29 is 28.4 Å². The van der Waals surface area contributed by atoms with Crippen molar-refractivity contribution in [2.45, 2.75) is 64.6 Å². The van der Waals surface area contributed by atoms with Crippen LogP contribution in [0.1, 0.15) is 77.6 Å². The van der Waals surface area contributed by atoms with Crippen LogP contribution in [0.25, 0.3) is 5.78 Å². The highest BCUT2D eigenvalue weighted by Gasteiger charge is 2.54. The Balaban J connectivity index is 1.16. The minimum absolute atomic E-state index is 0.0103. The molecule has 0 saturated heterocycles. The van der Waals surface area contributed by atoms with Crippen LogP contribution in [0.4, 0.5) is 15.8 Å². The number of carboxylic acid groups (broad SMARTS) is 1. The molecule has 4 aromatic rings. The summed E-state index contributed by atoms with van der Waals surface area (Å²) in [6, 6.07) is 5.14. The molecule has 2 heterocycles. The normalized spacial score (nSPS) is 21.3. The topological polar surface area (TPSA) is 211 Å². The number of carbonyl (C=O) groups is 3. The lowest BCUT2D eigenvalue weighted by atomic mass is 9.52. The molecule has 7 rings (SSSR count). The first-order chi connectivity index (χ1) is 21.8. The molecule has 3 aliphatic carbocycles. The van der Waals surface area contributed by atoms with Gasteiger partial charge in [-0.05, 0) is 92.0 Å². The fraction of sp³-hybridized carbons (Fsp3) is 0.400. The maximum absolute atomic E-state index is 14.4. The van der Waals surface area contributed by atoms with Crippen LogP contribution in [0.5, 0.6) is 0 Å². The molecular formula is C30H30FN7O7S. The van der Waals surface area contributed by atoms with Gasteiger partial charge < -0.3 is 31.3 Å². The van der Waals surface area contributed by atoms with E-state index in [2.05, 4.69) is 26.1 Å². The third kappa shape index (κ3) is 5.21. The van der Waals surface area contributed by atoms with Crippen LogP contribution < -0.4 is 32.5 Å². The number of nitrogens with two attached hydrogens (primary N) is 1. The monoisotopic (exact) mass is 651 g/mol. The number of hydrogen-bond donors (Lipinski definition) is 5. The van der Waals surface area contributed by atoms with Gasteiger partial charge in [-0.1, -0.05) is 6.07 Å². The number of carbonyl (C=O) groups excluding carboxylic acids is 2. The van der Waals surface area contributed by atoms with E-state index in [1.807, 2.05) is 6.92 Å². The molecule has 2 aromatic heterocycles. The summed E-state index contributed by atoms with van der Waals surface area (Å²) in [7, 11) is 0. The van der Waals surface area contributed by atoms with Crippen LogP contribution in [0, 0.1) is 21.5 Å². The summed E-state index contributed by atoms with van der Waals surface area (Å²) < 4.78 is 20.7. The summed E-state index contributed by atoms with van der Waals surface area (Å²) in [6.45, 7) is 1.75. The van der Waals surface area contributed by atoms with Crippen molar-refractivity contribution in [3.63, 3.8) is 0 Å². The number of anilines is 2. The van der Waals surface area contributed by atoms with E-state index < -0.39 is 39.9 Å². The van der Waals surface area contributed by atoms with Gasteiger partial charge in [-0.15, -0.1) is 0 Å². The summed E-state index contributed by atoms with van der Waals surface area (Å²) in [5, 5.41) is 21.9. The average Bonchev–Trinajstić information content (AvgIpc) is 3.44. The first-order valence-corrected chi connectivity index (χ1v) is 15.1. The molecule has 2 aromatic carbocycles. The SMILES string of the molecule is CC(NC(=O)c1cc(C(=O)NCc2ccc(F)c(CNc3c(N)c(=O)c3=O)c2)nc2noc(=S)n12)C12CCC(C(=O)O)(CC1)CC2. The number of halogens is 1. The van der Waals surface area contributed by atoms with Crippen LogP contribution in [0.2, 0.25) is 0 Å². The highest BCUT2D eigenvalue weighted by molar-refractivity contribution is 7.71. The van der Waals surface area contributed by atoms with Gasteiger partial charge in [0.2, 0.25) is 0 Å². The second kappa shape index (κ2) is 11.4. The van der Waals surface area contributed by atoms with E-state index in [9.17, 15) is 33.5 Å². The summed E-state index contributed by atoms with van der Waals surface area (Å²) in [6.07, 6.45) is 3.71. The van der Waals surface area contributed by atoms with Gasteiger partial charge in [-0.3, -0.25) is 24.0 Å². The number of benzene rings is 1. The van der Waals surface area contributed by atoms with Crippen molar-refractivity contribution in [1.82, 2.24) is 25.2 Å². The molecule has 2 bridgehead atoms. The molecule has 1 atom stereocenters. The molecule has 0 radical (unpaired) electrons. The van der Waals surface area contributed by atoms with Gasteiger partial charge in [0.1, 0.15) is 28.6 Å². The predicted octanol–water partition coefficient (Wildman–Crippen LogP) is 2.45. The number of carboxylic acids is 1. The molecule has 3 aliphatic rings. The Kier molecular flexibility index (Phi) is 7.70. The van der Waals surface area contributed by atoms with Crippen LogP contribution in [0.15, 0.2) is 38.4 Å². The fourth-order valence-corrected chi connectivity index (χ4v) is 6.88. The molecule has 3 fully saturated rings. The Morgan fingerprint density at radius 2 is 1.78 bits per heavy atom. The minimum atomic E-state index is -0.791. The third-order valence-corrected chi connectivity index (χ3v) is 10.0. The number of nitrogens with zero attached hydrogens (tertiary/aromatic N) is 3. The van der Waals surface area contributed by atoms with Crippen molar-refractivity contribution in [2.75, 3.05) is 11.1 Å². The number of hydrogen-bond acceptors (Lipinski definition) is 11. The number of rotatable bonds is 10. The fourth-order valence-electron chi connectivity index (χ4n) is 6.66. The van der Waals surface area contributed by atoms with Crippen LogP contribution in [0.3, 0.4) is 0 Å². The minimum Gasteiger partial charge on any atom is -0.481 e. The molecular weight excluding hydrogens is 621 g/mol. The zero-order chi connectivity index (χ0) is 33.0. The van der Waals surface area contributed by atoms with E-state index in [4.69, 9.17) is 22.5 Å². The number of amides is 2. The van der Waals surface area contributed by atoms with Crippen molar-refractivity contribution in [2.24, 2.45) is 10.8 Å². The van der Waals surface area contributed by atoms with E-state index >= 15 is 0 Å². The Bertz CT molecular complexity index is 2020. The van der Waals surface area contributed by atoms with E-state index in [1.54, 1.807) is 0 Å². The van der Waals surface area contributed by atoms with Crippen LogP contribution in [-0.4, -0.2) is 43.5 Å². The number of fused-ring (bicyclic) bond motifs is 4. The van der Waals surface area contributed by atoms with Gasteiger partial charge >= 0.3 is 10.8 Å². The summed E-state index contributed by atoms with van der Waals surface area (Å²) in [5.74, 6) is -2.60. The van der Waals surface area contributed by atoms with Crippen molar-refractivity contribution >= 4 is 47.2 Å². The smallest absolute Gasteiger partial charge is 0.309 e. The zero-order valence-electron chi connectivity index (χ0n) is 24.6. The van der Waals surface area contributed by atoms with E-state index in [0.717, 1.165) is 0 Å². The Morgan fingerprint density at radius 1 is 1.09 bits per heavy atom. The number of nitrogen functional groups attached to an aromatic ring is 1. The average molecular weight is 652 g/mol. The third-order valence-electron chi connectivity index (χ3n) is 9.78. The lowest BCUT2D eigenvalue weighted by molar-refractivity contribution is -0.159. The molecule has 2 amide bonds. The van der Waals surface area contributed by atoms with Crippen molar-refractivity contribution in [3.8, 4) is 0 Å². The van der Waals surface area contributed by atoms with Gasteiger partial charge in [0.05, 0.1) is 5.41 Å². The van der Waals surface area contributed by atoms with Gasteiger partial charge in [0, 0.05) is 24.7 Å². The van der Waals surface area contributed by atoms with E-state index in [1.165, 1.54) is 28.7 Å². The van der Waals surface area contributed by atoms with E-state index in [-0.39, 0.29) is 63.5 Å². The molecule has 16 heteroatoms. The lowest BCUT2D eigenvalue weighted by Gasteiger charge is -2.54. The van der Waals surface area contributed by atoms with Gasteiger partial charge in [0.15, 0.2) is 0 Å². The number of nitrogens with one attached hydrogen (secondary N) is 3. The molecule has 0 aliphatic heterocycles. The maximum atomic E-state index is 14.4. The lowest BCUT2D eigenvalue weighted by Crippen LogP contribution is -2.54. The molecule has 0 spiro atoms.